The minimum absolute atomic E-state index is 0.699. The molecule has 2 unspecified atom stereocenters. The summed E-state index contributed by atoms with van der Waals surface area (Å²) in [6, 6.07) is 0.699. The Balaban J connectivity index is 1.54. The Bertz CT molecular complexity index is 423. The molecule has 4 heteroatoms. The van der Waals surface area contributed by atoms with Crippen molar-refractivity contribution in [1.29, 1.82) is 0 Å². The van der Waals surface area contributed by atoms with Crippen LogP contribution < -0.4 is 10.2 Å². The summed E-state index contributed by atoms with van der Waals surface area (Å²) in [7, 11) is 0. The van der Waals surface area contributed by atoms with E-state index in [-0.39, 0.29) is 0 Å². The monoisotopic (exact) mass is 260 g/mol. The highest BCUT2D eigenvalue weighted by atomic mass is 15.3. The highest BCUT2D eigenvalue weighted by Gasteiger charge is 2.37. The van der Waals surface area contributed by atoms with Crippen molar-refractivity contribution in [1.82, 2.24) is 14.9 Å². The van der Waals surface area contributed by atoms with Crippen LogP contribution in [0.25, 0.3) is 0 Å². The molecule has 19 heavy (non-hydrogen) atoms. The molecule has 0 amide bonds. The summed E-state index contributed by atoms with van der Waals surface area (Å²) < 4.78 is 2.47. The fraction of sp³-hybridized carbons (Fsp3) is 0.800. The molecule has 2 aliphatic heterocycles. The van der Waals surface area contributed by atoms with Crippen molar-refractivity contribution >= 4 is 5.95 Å². The molecule has 1 saturated carbocycles. The molecule has 1 N–H and O–H groups in total. The molecule has 3 aliphatic rings. The third kappa shape index (κ3) is 2.06. The van der Waals surface area contributed by atoms with Gasteiger partial charge in [0.1, 0.15) is 0 Å². The smallest absolute Gasteiger partial charge is 0.205 e. The fourth-order valence-electron chi connectivity index (χ4n) is 4.21. The van der Waals surface area contributed by atoms with Crippen molar-refractivity contribution in [2.45, 2.75) is 38.1 Å². The Morgan fingerprint density at radius 1 is 1.05 bits per heavy atom. The second-order valence-electron chi connectivity index (χ2n) is 6.51. The van der Waals surface area contributed by atoms with E-state index in [1.807, 2.05) is 6.20 Å². The number of aromatic nitrogens is 2. The quantitative estimate of drug-likeness (QED) is 0.883. The minimum atomic E-state index is 0.699. The zero-order chi connectivity index (χ0) is 12.7. The van der Waals surface area contributed by atoms with Crippen LogP contribution in [-0.2, 0) is 0 Å². The van der Waals surface area contributed by atoms with Gasteiger partial charge in [0.25, 0.3) is 0 Å². The summed E-state index contributed by atoms with van der Waals surface area (Å²) in [4.78, 5) is 7.20. The van der Waals surface area contributed by atoms with Gasteiger partial charge in [-0.05, 0) is 24.7 Å². The van der Waals surface area contributed by atoms with E-state index in [2.05, 4.69) is 26.0 Å². The lowest BCUT2D eigenvalue weighted by Crippen LogP contribution is -2.29. The van der Waals surface area contributed by atoms with Crippen molar-refractivity contribution in [2.24, 2.45) is 11.8 Å². The number of hydrogen-bond donors (Lipinski definition) is 1. The number of imidazole rings is 1. The van der Waals surface area contributed by atoms with E-state index in [0.29, 0.717) is 6.04 Å². The average Bonchev–Trinajstić information content (AvgIpc) is 3.14. The maximum atomic E-state index is 4.67. The average molecular weight is 260 g/mol. The maximum absolute atomic E-state index is 4.67. The van der Waals surface area contributed by atoms with Crippen molar-refractivity contribution in [3.8, 4) is 0 Å². The van der Waals surface area contributed by atoms with Gasteiger partial charge in [-0.25, -0.2) is 4.98 Å². The fourth-order valence-corrected chi connectivity index (χ4v) is 4.21. The Labute approximate surface area is 115 Å². The zero-order valence-electron chi connectivity index (χ0n) is 11.6. The molecule has 1 aromatic heterocycles. The zero-order valence-corrected chi connectivity index (χ0v) is 11.6. The van der Waals surface area contributed by atoms with Crippen LogP contribution >= 0.6 is 0 Å². The molecule has 2 atom stereocenters. The summed E-state index contributed by atoms with van der Waals surface area (Å²) >= 11 is 0. The SMILES string of the molecule is c1cn(C2CCCCC2)c(N2CC3CNCC3C2)n1. The van der Waals surface area contributed by atoms with Gasteiger partial charge in [-0.15, -0.1) is 0 Å². The van der Waals surface area contributed by atoms with Crippen molar-refractivity contribution in [3.63, 3.8) is 0 Å². The van der Waals surface area contributed by atoms with Crippen LogP contribution in [0.4, 0.5) is 5.95 Å². The molecule has 0 bridgehead atoms. The third-order valence-electron chi connectivity index (χ3n) is 5.29. The van der Waals surface area contributed by atoms with Gasteiger partial charge in [0, 0.05) is 44.6 Å². The summed E-state index contributed by atoms with van der Waals surface area (Å²) in [5.41, 5.74) is 0. The molecule has 4 nitrogen and oxygen atoms in total. The van der Waals surface area contributed by atoms with Crippen LogP contribution in [0.2, 0.25) is 0 Å². The summed E-state index contributed by atoms with van der Waals surface area (Å²) in [5, 5.41) is 3.51. The molecule has 1 aromatic rings. The van der Waals surface area contributed by atoms with Crippen LogP contribution in [0.15, 0.2) is 12.4 Å². The summed E-state index contributed by atoms with van der Waals surface area (Å²) in [6.07, 6.45) is 11.1. The molecule has 1 aliphatic carbocycles. The number of anilines is 1. The molecule has 3 fully saturated rings. The Hall–Kier alpha value is -1.03. The largest absolute Gasteiger partial charge is 0.342 e. The van der Waals surface area contributed by atoms with Crippen LogP contribution in [0.5, 0.6) is 0 Å². The predicted octanol–water partition coefficient (Wildman–Crippen LogP) is 2.04. The first-order valence-electron chi connectivity index (χ1n) is 7.90. The third-order valence-corrected chi connectivity index (χ3v) is 5.29. The second kappa shape index (κ2) is 4.82. The molecule has 104 valence electrons. The highest BCUT2D eigenvalue weighted by molar-refractivity contribution is 5.35. The first-order valence-corrected chi connectivity index (χ1v) is 7.90. The Morgan fingerprint density at radius 3 is 2.53 bits per heavy atom. The lowest BCUT2D eigenvalue weighted by Gasteiger charge is -2.28. The number of rotatable bonds is 2. The summed E-state index contributed by atoms with van der Waals surface area (Å²) in [5.74, 6) is 2.93. The van der Waals surface area contributed by atoms with E-state index in [1.165, 1.54) is 64.2 Å². The lowest BCUT2D eigenvalue weighted by atomic mass is 9.95. The molecule has 3 heterocycles. The second-order valence-corrected chi connectivity index (χ2v) is 6.51. The number of nitrogens with one attached hydrogen (secondary N) is 1. The molecular weight excluding hydrogens is 236 g/mol. The predicted molar refractivity (Wildman–Crippen MR) is 76.4 cm³/mol. The highest BCUT2D eigenvalue weighted by Crippen LogP contribution is 2.34. The lowest BCUT2D eigenvalue weighted by molar-refractivity contribution is 0.353. The maximum Gasteiger partial charge on any atom is 0.205 e. The van der Waals surface area contributed by atoms with E-state index in [9.17, 15) is 0 Å². The normalized spacial score (nSPS) is 31.9. The summed E-state index contributed by atoms with van der Waals surface area (Å²) in [6.45, 7) is 4.79. The standard InChI is InChI=1S/C15H24N4/c1-2-4-14(5-3-1)19-7-6-17-15(19)18-10-12-8-16-9-13(12)11-18/h6-7,12-14,16H,1-5,8-11H2. The van der Waals surface area contributed by atoms with Gasteiger partial charge < -0.3 is 14.8 Å². The van der Waals surface area contributed by atoms with Crippen LogP contribution in [0, 0.1) is 11.8 Å². The molecular formula is C15H24N4. The Morgan fingerprint density at radius 2 is 1.79 bits per heavy atom. The first kappa shape index (κ1) is 11.8. The molecule has 0 spiro atoms. The Kier molecular flexibility index (Phi) is 2.98. The first-order chi connectivity index (χ1) is 9.42. The number of hydrogen-bond acceptors (Lipinski definition) is 3. The van der Waals surface area contributed by atoms with Crippen molar-refractivity contribution in [3.05, 3.63) is 12.4 Å². The van der Waals surface area contributed by atoms with Crippen LogP contribution in [0.3, 0.4) is 0 Å². The van der Waals surface area contributed by atoms with Gasteiger partial charge in [-0.2, -0.15) is 0 Å². The molecule has 0 aromatic carbocycles. The minimum Gasteiger partial charge on any atom is -0.342 e. The van der Waals surface area contributed by atoms with Crippen molar-refractivity contribution in [2.75, 3.05) is 31.1 Å². The van der Waals surface area contributed by atoms with E-state index in [1.54, 1.807) is 0 Å². The van der Waals surface area contributed by atoms with Crippen LogP contribution in [0.1, 0.15) is 38.1 Å². The number of nitrogens with zero attached hydrogens (tertiary/aromatic N) is 3. The molecule has 4 rings (SSSR count). The topological polar surface area (TPSA) is 33.1 Å². The van der Waals surface area contributed by atoms with Gasteiger partial charge in [-0.1, -0.05) is 19.3 Å². The van der Waals surface area contributed by atoms with E-state index in [0.717, 1.165) is 11.8 Å². The van der Waals surface area contributed by atoms with Gasteiger partial charge in [-0.3, -0.25) is 0 Å². The van der Waals surface area contributed by atoms with Gasteiger partial charge in [0.15, 0.2) is 0 Å². The van der Waals surface area contributed by atoms with Crippen LogP contribution in [-0.4, -0.2) is 35.7 Å². The molecule has 2 saturated heterocycles. The van der Waals surface area contributed by atoms with E-state index in [4.69, 9.17) is 0 Å². The molecule has 0 radical (unpaired) electrons. The number of fused-ring (bicyclic) bond motifs is 1. The van der Waals surface area contributed by atoms with Gasteiger partial charge in [0.05, 0.1) is 0 Å². The van der Waals surface area contributed by atoms with E-state index < -0.39 is 0 Å². The van der Waals surface area contributed by atoms with Gasteiger partial charge >= 0.3 is 0 Å². The van der Waals surface area contributed by atoms with Gasteiger partial charge in [0.2, 0.25) is 5.95 Å². The van der Waals surface area contributed by atoms with Crippen molar-refractivity contribution < 1.29 is 0 Å². The van der Waals surface area contributed by atoms with E-state index >= 15 is 0 Å².